The fourth-order valence-corrected chi connectivity index (χ4v) is 2.04. The highest BCUT2D eigenvalue weighted by molar-refractivity contribution is 9.10. The molecule has 0 spiro atoms. The zero-order valence-corrected chi connectivity index (χ0v) is 12.5. The van der Waals surface area contributed by atoms with Crippen molar-refractivity contribution in [1.82, 2.24) is 10.3 Å². The van der Waals surface area contributed by atoms with E-state index in [2.05, 4.69) is 26.2 Å². The van der Waals surface area contributed by atoms with Gasteiger partial charge < -0.3 is 11.1 Å². The summed E-state index contributed by atoms with van der Waals surface area (Å²) in [7, 11) is 0. The normalized spacial score (nSPS) is 11.9. The summed E-state index contributed by atoms with van der Waals surface area (Å²) in [5, 5.41) is 2.82. The number of nitrogens with two attached hydrogens (primary N) is 1. The molecule has 0 radical (unpaired) electrons. The molecule has 0 fully saturated rings. The van der Waals surface area contributed by atoms with Crippen molar-refractivity contribution >= 4 is 21.8 Å². The molecule has 104 valence electrons. The summed E-state index contributed by atoms with van der Waals surface area (Å²) in [4.78, 5) is 15.9. The number of carbonyl (C=O) groups is 1. The first-order chi connectivity index (χ1) is 9.66. The molecule has 0 aliphatic carbocycles. The van der Waals surface area contributed by atoms with E-state index < -0.39 is 0 Å². The van der Waals surface area contributed by atoms with Crippen LogP contribution in [-0.2, 0) is 0 Å². The highest BCUT2D eigenvalue weighted by atomic mass is 79.9. The SMILES string of the molecule is NC(CCNC(=O)c1ccc(Br)cn1)c1ccccc1. The van der Waals surface area contributed by atoms with Gasteiger partial charge in [-0.3, -0.25) is 4.79 Å². The predicted octanol–water partition coefficient (Wildman–Crippen LogP) is 2.66. The zero-order chi connectivity index (χ0) is 14.4. The maximum Gasteiger partial charge on any atom is 0.269 e. The molecule has 1 aromatic carbocycles. The molecule has 5 heteroatoms. The number of hydrogen-bond donors (Lipinski definition) is 2. The largest absolute Gasteiger partial charge is 0.351 e. The van der Waals surface area contributed by atoms with Crippen molar-refractivity contribution in [1.29, 1.82) is 0 Å². The van der Waals surface area contributed by atoms with Crippen LogP contribution in [0, 0.1) is 0 Å². The van der Waals surface area contributed by atoms with Crippen LogP contribution in [-0.4, -0.2) is 17.4 Å². The Bertz CT molecular complexity index is 557. The monoisotopic (exact) mass is 333 g/mol. The second-order valence-electron chi connectivity index (χ2n) is 4.42. The van der Waals surface area contributed by atoms with Crippen molar-refractivity contribution in [3.05, 3.63) is 64.4 Å². The number of amides is 1. The van der Waals surface area contributed by atoms with Crippen LogP contribution in [0.5, 0.6) is 0 Å². The van der Waals surface area contributed by atoms with Crippen molar-refractivity contribution in [2.24, 2.45) is 5.73 Å². The number of nitrogens with zero attached hydrogens (tertiary/aromatic N) is 1. The lowest BCUT2D eigenvalue weighted by Crippen LogP contribution is -2.27. The van der Waals surface area contributed by atoms with E-state index >= 15 is 0 Å². The lowest BCUT2D eigenvalue weighted by atomic mass is 10.1. The van der Waals surface area contributed by atoms with E-state index in [1.54, 1.807) is 18.3 Å². The molecule has 0 saturated heterocycles. The quantitative estimate of drug-likeness (QED) is 0.883. The van der Waals surface area contributed by atoms with Gasteiger partial charge in [0.1, 0.15) is 5.69 Å². The standard InChI is InChI=1S/C15H16BrN3O/c16-12-6-7-14(19-10-12)15(20)18-9-8-13(17)11-4-2-1-3-5-11/h1-7,10,13H,8-9,17H2,(H,18,20). The molecule has 1 amide bonds. The Balaban J connectivity index is 1.81. The number of nitrogens with one attached hydrogen (secondary N) is 1. The molecule has 0 bridgehead atoms. The first-order valence-corrected chi connectivity index (χ1v) is 7.16. The Morgan fingerprint density at radius 3 is 2.65 bits per heavy atom. The summed E-state index contributed by atoms with van der Waals surface area (Å²) >= 11 is 3.28. The van der Waals surface area contributed by atoms with Crippen LogP contribution in [0.4, 0.5) is 0 Å². The van der Waals surface area contributed by atoms with Gasteiger partial charge in [-0.05, 0) is 40.0 Å². The summed E-state index contributed by atoms with van der Waals surface area (Å²) < 4.78 is 0.847. The Morgan fingerprint density at radius 1 is 1.25 bits per heavy atom. The van der Waals surface area contributed by atoms with Gasteiger partial charge in [0.25, 0.3) is 5.91 Å². The van der Waals surface area contributed by atoms with Crippen LogP contribution in [0.3, 0.4) is 0 Å². The molecule has 2 rings (SSSR count). The smallest absolute Gasteiger partial charge is 0.269 e. The van der Waals surface area contributed by atoms with Gasteiger partial charge >= 0.3 is 0 Å². The van der Waals surface area contributed by atoms with Gasteiger partial charge in [-0.25, -0.2) is 4.98 Å². The fraction of sp³-hybridized carbons (Fsp3) is 0.200. The molecule has 20 heavy (non-hydrogen) atoms. The summed E-state index contributed by atoms with van der Waals surface area (Å²) in [5.41, 5.74) is 7.54. The first-order valence-electron chi connectivity index (χ1n) is 6.37. The average molecular weight is 334 g/mol. The van der Waals surface area contributed by atoms with E-state index in [9.17, 15) is 4.79 Å². The number of benzene rings is 1. The number of carbonyl (C=O) groups excluding carboxylic acids is 1. The van der Waals surface area contributed by atoms with Crippen LogP contribution < -0.4 is 11.1 Å². The topological polar surface area (TPSA) is 68.0 Å². The van der Waals surface area contributed by atoms with Crippen molar-refractivity contribution in [3.63, 3.8) is 0 Å². The molecule has 0 aliphatic rings. The molecular weight excluding hydrogens is 318 g/mol. The third kappa shape index (κ3) is 4.15. The van der Waals surface area contributed by atoms with Crippen LogP contribution in [0.15, 0.2) is 53.1 Å². The Labute approximate surface area is 126 Å². The molecule has 4 nitrogen and oxygen atoms in total. The van der Waals surface area contributed by atoms with E-state index in [-0.39, 0.29) is 11.9 Å². The van der Waals surface area contributed by atoms with Crippen molar-refractivity contribution in [2.45, 2.75) is 12.5 Å². The summed E-state index contributed by atoms with van der Waals surface area (Å²) in [6.07, 6.45) is 2.29. The lowest BCUT2D eigenvalue weighted by molar-refractivity contribution is 0.0947. The van der Waals surface area contributed by atoms with E-state index in [1.165, 1.54) is 0 Å². The molecule has 2 aromatic rings. The summed E-state index contributed by atoms with van der Waals surface area (Å²) in [6.45, 7) is 0.520. The molecule has 1 unspecified atom stereocenters. The van der Waals surface area contributed by atoms with E-state index in [0.29, 0.717) is 18.7 Å². The van der Waals surface area contributed by atoms with E-state index in [0.717, 1.165) is 10.0 Å². The van der Waals surface area contributed by atoms with Gasteiger partial charge in [-0.15, -0.1) is 0 Å². The first kappa shape index (κ1) is 14.7. The van der Waals surface area contributed by atoms with Gasteiger partial charge in [0.05, 0.1) is 0 Å². The molecule has 3 N–H and O–H groups in total. The summed E-state index contributed by atoms with van der Waals surface area (Å²) in [6, 6.07) is 13.2. The predicted molar refractivity (Wildman–Crippen MR) is 82.3 cm³/mol. The van der Waals surface area contributed by atoms with Gasteiger partial charge in [-0.2, -0.15) is 0 Å². The van der Waals surface area contributed by atoms with Crippen molar-refractivity contribution in [3.8, 4) is 0 Å². The molecule has 0 saturated carbocycles. The molecule has 1 heterocycles. The third-order valence-electron chi connectivity index (χ3n) is 2.93. The number of halogens is 1. The fourth-order valence-electron chi connectivity index (χ4n) is 1.81. The second-order valence-corrected chi connectivity index (χ2v) is 5.34. The second kappa shape index (κ2) is 7.17. The maximum atomic E-state index is 11.8. The maximum absolute atomic E-state index is 11.8. The van der Waals surface area contributed by atoms with Crippen molar-refractivity contribution < 1.29 is 4.79 Å². The third-order valence-corrected chi connectivity index (χ3v) is 3.40. The Morgan fingerprint density at radius 2 is 2.00 bits per heavy atom. The van der Waals surface area contributed by atoms with E-state index in [4.69, 9.17) is 5.73 Å². The van der Waals surface area contributed by atoms with Gasteiger partial charge in [-0.1, -0.05) is 30.3 Å². The number of hydrogen-bond acceptors (Lipinski definition) is 3. The highest BCUT2D eigenvalue weighted by Gasteiger charge is 2.08. The number of aromatic nitrogens is 1. The van der Waals surface area contributed by atoms with Crippen molar-refractivity contribution in [2.75, 3.05) is 6.54 Å². The molecule has 1 atom stereocenters. The zero-order valence-electron chi connectivity index (χ0n) is 10.9. The van der Waals surface area contributed by atoms with Crippen LogP contribution >= 0.6 is 15.9 Å². The van der Waals surface area contributed by atoms with Gasteiger partial charge in [0.15, 0.2) is 0 Å². The minimum atomic E-state index is -0.183. The average Bonchev–Trinajstić information content (AvgIpc) is 2.48. The summed E-state index contributed by atoms with van der Waals surface area (Å²) in [5.74, 6) is -0.183. The number of rotatable bonds is 5. The van der Waals surface area contributed by atoms with Crippen LogP contribution in [0.2, 0.25) is 0 Å². The van der Waals surface area contributed by atoms with Gasteiger partial charge in [0, 0.05) is 23.3 Å². The highest BCUT2D eigenvalue weighted by Crippen LogP contribution is 2.12. The van der Waals surface area contributed by atoms with Crippen LogP contribution in [0.1, 0.15) is 28.5 Å². The molecule has 0 aliphatic heterocycles. The Kier molecular flexibility index (Phi) is 5.26. The van der Waals surface area contributed by atoms with Crippen LogP contribution in [0.25, 0.3) is 0 Å². The van der Waals surface area contributed by atoms with E-state index in [1.807, 2.05) is 30.3 Å². The Hall–Kier alpha value is -1.72. The number of pyridine rings is 1. The molecule has 1 aromatic heterocycles. The minimum Gasteiger partial charge on any atom is -0.351 e. The molecular formula is C15H16BrN3O. The lowest BCUT2D eigenvalue weighted by Gasteiger charge is -2.12. The van der Waals surface area contributed by atoms with Gasteiger partial charge in [0.2, 0.25) is 0 Å². The minimum absolute atomic E-state index is 0.0747.